The van der Waals surface area contributed by atoms with E-state index in [1.807, 2.05) is 48.3 Å². The number of nitrogens with zero attached hydrogens (tertiary/aromatic N) is 2. The maximum atomic E-state index is 12.7. The number of carbonyl (C=O) groups is 1. The fraction of sp³-hybridized carbons (Fsp3) is 0.481. The molecule has 0 saturated carbocycles. The molecule has 1 amide bonds. The number of aliphatic hydroxyl groups excluding tert-OH is 1. The number of benzene rings is 2. The lowest BCUT2D eigenvalue weighted by atomic mass is 9.87. The Morgan fingerprint density at radius 2 is 1.85 bits per heavy atom. The van der Waals surface area contributed by atoms with Crippen molar-refractivity contribution in [3.05, 3.63) is 71.3 Å². The molecule has 6 heteroatoms. The van der Waals surface area contributed by atoms with Crippen molar-refractivity contribution in [1.82, 2.24) is 10.2 Å². The summed E-state index contributed by atoms with van der Waals surface area (Å²) in [7, 11) is 1.95. The summed E-state index contributed by atoms with van der Waals surface area (Å²) >= 11 is 0. The Morgan fingerprint density at radius 3 is 2.45 bits per heavy atom. The van der Waals surface area contributed by atoms with Gasteiger partial charge in [-0.05, 0) is 54.8 Å². The summed E-state index contributed by atoms with van der Waals surface area (Å²) in [4.78, 5) is 14.7. The monoisotopic (exact) mass is 449 g/mol. The van der Waals surface area contributed by atoms with Gasteiger partial charge in [-0.3, -0.25) is 9.69 Å². The molecule has 2 aromatic carbocycles. The first-order valence-corrected chi connectivity index (χ1v) is 11.7. The molecule has 3 rings (SSSR count). The van der Waals surface area contributed by atoms with E-state index in [0.29, 0.717) is 12.3 Å². The largest absolute Gasteiger partial charge is 0.378 e. The highest BCUT2D eigenvalue weighted by Gasteiger charge is 2.28. The fourth-order valence-corrected chi connectivity index (χ4v) is 4.34. The van der Waals surface area contributed by atoms with Gasteiger partial charge in [0.1, 0.15) is 25.0 Å². The Labute approximate surface area is 197 Å². The van der Waals surface area contributed by atoms with Crippen molar-refractivity contribution in [2.45, 2.75) is 57.5 Å². The second-order valence-electron chi connectivity index (χ2n) is 9.27. The Hall–Kier alpha value is -2.72. The predicted molar refractivity (Wildman–Crippen MR) is 128 cm³/mol. The minimum atomic E-state index is -0.660. The molecule has 0 radical (unpaired) electrons. The number of ether oxygens (including phenoxy) is 1. The van der Waals surface area contributed by atoms with Crippen LogP contribution in [0, 0.1) is 17.2 Å². The second kappa shape index (κ2) is 11.9. The third-order valence-electron chi connectivity index (χ3n) is 6.27. The van der Waals surface area contributed by atoms with Crippen LogP contribution in [-0.2, 0) is 9.53 Å². The van der Waals surface area contributed by atoms with Crippen LogP contribution >= 0.6 is 0 Å². The lowest BCUT2D eigenvalue weighted by molar-refractivity contribution is -0.136. The first-order valence-electron chi connectivity index (χ1n) is 11.7. The average Bonchev–Trinajstić information content (AvgIpc) is 2.82. The standard InChI is InChI=1S/C27H35N3O3/c1-19(2)17-24(27(32)29-15-14-28)33-26(21-7-5-4-6-8-21)22-11-9-20(10-12-22)23-13-16-30(3)25(31)18-23/h4-12,19,23-26,31H,13,15-18H2,1-3H3,(H,29,32)/t23?,24-,25+,26?/m0/s1. The normalized spacial score (nSPS) is 20.7. The quantitative estimate of drug-likeness (QED) is 0.566. The van der Waals surface area contributed by atoms with E-state index in [2.05, 4.69) is 43.4 Å². The summed E-state index contributed by atoms with van der Waals surface area (Å²) in [6.45, 7) is 4.94. The number of rotatable bonds is 9. The van der Waals surface area contributed by atoms with Gasteiger partial charge in [0.05, 0.1) is 6.07 Å². The number of nitriles is 1. The zero-order valence-corrected chi connectivity index (χ0v) is 19.8. The molecule has 0 aromatic heterocycles. The van der Waals surface area contributed by atoms with Crippen LogP contribution in [0.25, 0.3) is 0 Å². The van der Waals surface area contributed by atoms with Crippen LogP contribution in [0.5, 0.6) is 0 Å². The minimum absolute atomic E-state index is 0.0378. The maximum absolute atomic E-state index is 12.7. The van der Waals surface area contributed by atoms with Crippen molar-refractivity contribution in [3.63, 3.8) is 0 Å². The number of amides is 1. The van der Waals surface area contributed by atoms with E-state index >= 15 is 0 Å². The van der Waals surface area contributed by atoms with Gasteiger partial charge in [-0.15, -0.1) is 0 Å². The van der Waals surface area contributed by atoms with Crippen LogP contribution in [0.1, 0.15) is 61.8 Å². The molecule has 33 heavy (non-hydrogen) atoms. The molecule has 0 aliphatic carbocycles. The van der Waals surface area contributed by atoms with E-state index in [4.69, 9.17) is 10.00 Å². The van der Waals surface area contributed by atoms with Crippen LogP contribution < -0.4 is 5.32 Å². The van der Waals surface area contributed by atoms with Crippen LogP contribution in [0.15, 0.2) is 54.6 Å². The molecule has 0 bridgehead atoms. The van der Waals surface area contributed by atoms with Gasteiger partial charge in [-0.1, -0.05) is 68.4 Å². The second-order valence-corrected chi connectivity index (χ2v) is 9.27. The van der Waals surface area contributed by atoms with Crippen molar-refractivity contribution < 1.29 is 14.6 Å². The Bertz CT molecular complexity index is 924. The first kappa shape index (κ1) is 24.9. The lowest BCUT2D eigenvalue weighted by Crippen LogP contribution is -2.38. The van der Waals surface area contributed by atoms with Crippen molar-refractivity contribution in [1.29, 1.82) is 5.26 Å². The Balaban J connectivity index is 1.84. The van der Waals surface area contributed by atoms with Gasteiger partial charge in [-0.2, -0.15) is 5.26 Å². The van der Waals surface area contributed by atoms with Gasteiger partial charge in [0.15, 0.2) is 0 Å². The molecule has 1 aliphatic rings. The molecule has 176 valence electrons. The number of hydrogen-bond acceptors (Lipinski definition) is 5. The van der Waals surface area contributed by atoms with E-state index in [1.165, 1.54) is 5.56 Å². The summed E-state index contributed by atoms with van der Waals surface area (Å²) in [5.74, 6) is 0.326. The van der Waals surface area contributed by atoms with Gasteiger partial charge in [-0.25, -0.2) is 0 Å². The molecule has 1 aliphatic heterocycles. The highest BCUT2D eigenvalue weighted by Crippen LogP contribution is 2.33. The van der Waals surface area contributed by atoms with E-state index in [9.17, 15) is 9.90 Å². The number of hydrogen-bond donors (Lipinski definition) is 2. The van der Waals surface area contributed by atoms with Gasteiger partial charge >= 0.3 is 0 Å². The summed E-state index contributed by atoms with van der Waals surface area (Å²) in [5.41, 5.74) is 3.16. The summed E-state index contributed by atoms with van der Waals surface area (Å²) in [5, 5.41) is 21.7. The Kier molecular flexibility index (Phi) is 9.02. The van der Waals surface area contributed by atoms with E-state index in [0.717, 1.165) is 30.5 Å². The molecule has 2 aromatic rings. The highest BCUT2D eigenvalue weighted by atomic mass is 16.5. The lowest BCUT2D eigenvalue weighted by Gasteiger charge is -2.34. The fourth-order valence-electron chi connectivity index (χ4n) is 4.34. The minimum Gasteiger partial charge on any atom is -0.378 e. The average molecular weight is 450 g/mol. The van der Waals surface area contributed by atoms with Gasteiger partial charge in [0.25, 0.3) is 0 Å². The van der Waals surface area contributed by atoms with Crippen LogP contribution in [-0.4, -0.2) is 48.4 Å². The van der Waals surface area contributed by atoms with E-state index in [-0.39, 0.29) is 18.4 Å². The molecule has 1 fully saturated rings. The third-order valence-corrected chi connectivity index (χ3v) is 6.27. The van der Waals surface area contributed by atoms with Crippen molar-refractivity contribution >= 4 is 5.91 Å². The highest BCUT2D eigenvalue weighted by molar-refractivity contribution is 5.81. The molecular formula is C27H35N3O3. The summed E-state index contributed by atoms with van der Waals surface area (Å²) < 4.78 is 6.44. The predicted octanol–water partition coefficient (Wildman–Crippen LogP) is 3.97. The number of likely N-dealkylation sites (tertiary alicyclic amines) is 1. The van der Waals surface area contributed by atoms with Crippen LogP contribution in [0.4, 0.5) is 0 Å². The number of nitrogens with one attached hydrogen (secondary N) is 1. The molecule has 0 spiro atoms. The number of carbonyl (C=O) groups excluding carboxylic acids is 1. The zero-order valence-electron chi connectivity index (χ0n) is 19.8. The van der Waals surface area contributed by atoms with Crippen LogP contribution in [0.2, 0.25) is 0 Å². The zero-order chi connectivity index (χ0) is 23.8. The molecule has 1 saturated heterocycles. The van der Waals surface area contributed by atoms with Gasteiger partial charge < -0.3 is 15.2 Å². The van der Waals surface area contributed by atoms with Gasteiger partial charge in [0.2, 0.25) is 5.91 Å². The molecule has 6 nitrogen and oxygen atoms in total. The SMILES string of the molecule is CC(C)C[C@H](OC(c1ccccc1)c1ccc(C2CCN(C)[C@H](O)C2)cc1)C(=O)NCC#N. The molecule has 4 atom stereocenters. The number of aliphatic hydroxyl groups is 1. The maximum Gasteiger partial charge on any atom is 0.250 e. The van der Waals surface area contributed by atoms with Crippen molar-refractivity contribution in [3.8, 4) is 6.07 Å². The van der Waals surface area contributed by atoms with Crippen LogP contribution in [0.3, 0.4) is 0 Å². The molecule has 2 N–H and O–H groups in total. The molecule has 1 heterocycles. The molecular weight excluding hydrogens is 414 g/mol. The first-order chi connectivity index (χ1) is 15.9. The third kappa shape index (κ3) is 6.88. The number of piperidine rings is 1. The summed E-state index contributed by atoms with van der Waals surface area (Å²) in [6.07, 6.45) is 0.830. The van der Waals surface area contributed by atoms with Gasteiger partial charge in [0, 0.05) is 6.54 Å². The smallest absolute Gasteiger partial charge is 0.250 e. The summed E-state index contributed by atoms with van der Waals surface area (Å²) in [6, 6.07) is 20.2. The Morgan fingerprint density at radius 1 is 1.18 bits per heavy atom. The molecule has 2 unspecified atom stereocenters. The van der Waals surface area contributed by atoms with Crippen molar-refractivity contribution in [2.75, 3.05) is 20.1 Å². The van der Waals surface area contributed by atoms with E-state index < -0.39 is 18.4 Å². The topological polar surface area (TPSA) is 85.6 Å². The van der Waals surface area contributed by atoms with E-state index in [1.54, 1.807) is 0 Å². The van der Waals surface area contributed by atoms with Crippen molar-refractivity contribution in [2.24, 2.45) is 5.92 Å².